The van der Waals surface area contributed by atoms with Crippen molar-refractivity contribution in [3.63, 3.8) is 0 Å². The zero-order valence-corrected chi connectivity index (χ0v) is 12.1. The minimum Gasteiger partial charge on any atom is -0.506 e. The minimum atomic E-state index is -2.37. The first-order valence-corrected chi connectivity index (χ1v) is 6.76. The molecule has 3 unspecified atom stereocenters. The quantitative estimate of drug-likeness (QED) is 0.155. The van der Waals surface area contributed by atoms with Crippen molar-refractivity contribution >= 4 is 0 Å². The molecule has 11 heteroatoms. The zero-order valence-electron chi connectivity index (χ0n) is 12.1. The largest absolute Gasteiger partial charge is 0.506 e. The van der Waals surface area contributed by atoms with Gasteiger partial charge in [0.05, 0.1) is 6.61 Å². The average molecular weight is 342 g/mol. The highest BCUT2D eigenvalue weighted by molar-refractivity contribution is 5.07. The molecule has 0 bridgehead atoms. The number of hydrogen-bond donors (Lipinski definition) is 9. The van der Waals surface area contributed by atoms with E-state index in [1.165, 1.54) is 0 Å². The highest BCUT2D eigenvalue weighted by Gasteiger charge is 2.56. The van der Waals surface area contributed by atoms with Crippen molar-refractivity contribution in [2.45, 2.75) is 42.9 Å². The lowest BCUT2D eigenvalue weighted by Gasteiger charge is -2.32. The zero-order chi connectivity index (χ0) is 17.8. The Kier molecular flexibility index (Phi) is 7.13. The van der Waals surface area contributed by atoms with Gasteiger partial charge in [-0.2, -0.15) is 0 Å². The lowest BCUT2D eigenvalue weighted by molar-refractivity contribution is -0.323. The van der Waals surface area contributed by atoms with E-state index in [0.29, 0.717) is 0 Å². The van der Waals surface area contributed by atoms with Crippen LogP contribution in [0.15, 0.2) is 11.5 Å². The third kappa shape index (κ3) is 4.09. The van der Waals surface area contributed by atoms with Gasteiger partial charge >= 0.3 is 0 Å². The van der Waals surface area contributed by atoms with Gasteiger partial charge in [0.2, 0.25) is 12.1 Å². The van der Waals surface area contributed by atoms with E-state index in [4.69, 9.17) is 19.7 Å². The summed E-state index contributed by atoms with van der Waals surface area (Å²) in [4.78, 5) is 0. The molecule has 0 spiro atoms. The Hall–Kier alpha value is -1.02. The van der Waals surface area contributed by atoms with Crippen LogP contribution in [0.4, 0.5) is 0 Å². The molecule has 0 aromatic carbocycles. The Bertz CT molecular complexity index is 414. The van der Waals surface area contributed by atoms with Crippen LogP contribution < -0.4 is 0 Å². The molecule has 0 aliphatic carbocycles. The topological polar surface area (TPSA) is 201 Å². The van der Waals surface area contributed by atoms with Crippen molar-refractivity contribution < 1.29 is 55.4 Å². The molecule has 0 saturated carbocycles. The fourth-order valence-electron chi connectivity index (χ4n) is 2.07. The standard InChI is InChI=1S/C12H22O11/c13-2-1-5(16)7(17)9(19)11(21)23-12(4-15)10(20)8(18)6(3-14)22-12/h5-6,8,10-11,13-21H,1-4H2/b9-7+/t5-,6-,8?,10?,11-,12?/m1/s1. The van der Waals surface area contributed by atoms with Crippen molar-refractivity contribution in [3.8, 4) is 0 Å². The van der Waals surface area contributed by atoms with Crippen LogP contribution in [0.1, 0.15) is 6.42 Å². The highest BCUT2D eigenvalue weighted by Crippen LogP contribution is 2.34. The highest BCUT2D eigenvalue weighted by atomic mass is 16.8. The number of aliphatic hydroxyl groups is 9. The normalized spacial score (nSPS) is 35.0. The Morgan fingerprint density at radius 1 is 1.09 bits per heavy atom. The lowest BCUT2D eigenvalue weighted by Crippen LogP contribution is -2.51. The van der Waals surface area contributed by atoms with Crippen LogP contribution in [0.5, 0.6) is 0 Å². The summed E-state index contributed by atoms with van der Waals surface area (Å²) in [5, 5.41) is 84.7. The predicted octanol–water partition coefficient (Wildman–Crippen LogP) is -3.81. The molecule has 23 heavy (non-hydrogen) atoms. The summed E-state index contributed by atoms with van der Waals surface area (Å²) in [6, 6.07) is 0. The van der Waals surface area contributed by atoms with E-state index in [1.807, 2.05) is 0 Å². The molecular formula is C12H22O11. The lowest BCUT2D eigenvalue weighted by atomic mass is 10.1. The maximum absolute atomic E-state index is 9.85. The van der Waals surface area contributed by atoms with Crippen molar-refractivity contribution in [2.24, 2.45) is 0 Å². The Labute approximate surface area is 130 Å². The van der Waals surface area contributed by atoms with E-state index < -0.39 is 67.8 Å². The molecule has 9 N–H and O–H groups in total. The van der Waals surface area contributed by atoms with Crippen LogP contribution in [-0.4, -0.2) is 102 Å². The van der Waals surface area contributed by atoms with E-state index in [2.05, 4.69) is 0 Å². The second kappa shape index (κ2) is 8.19. The maximum Gasteiger partial charge on any atom is 0.224 e. The Balaban J connectivity index is 2.93. The van der Waals surface area contributed by atoms with Gasteiger partial charge in [0, 0.05) is 13.0 Å². The summed E-state index contributed by atoms with van der Waals surface area (Å²) in [5.41, 5.74) is 0. The Morgan fingerprint density at radius 3 is 2.13 bits per heavy atom. The fourth-order valence-corrected chi connectivity index (χ4v) is 2.07. The van der Waals surface area contributed by atoms with Gasteiger partial charge < -0.3 is 55.4 Å². The summed E-state index contributed by atoms with van der Waals surface area (Å²) < 4.78 is 9.78. The first-order chi connectivity index (χ1) is 10.7. The van der Waals surface area contributed by atoms with Crippen LogP contribution in [0, 0.1) is 0 Å². The van der Waals surface area contributed by atoms with Crippen molar-refractivity contribution in [2.75, 3.05) is 19.8 Å². The van der Waals surface area contributed by atoms with Gasteiger partial charge in [-0.25, -0.2) is 0 Å². The van der Waals surface area contributed by atoms with Crippen LogP contribution in [0.2, 0.25) is 0 Å². The van der Waals surface area contributed by atoms with Crippen molar-refractivity contribution in [1.29, 1.82) is 0 Å². The third-order valence-corrected chi connectivity index (χ3v) is 3.43. The average Bonchev–Trinajstić information content (AvgIpc) is 2.78. The van der Waals surface area contributed by atoms with E-state index >= 15 is 0 Å². The summed E-state index contributed by atoms with van der Waals surface area (Å²) in [6.07, 6.45) is -9.19. The van der Waals surface area contributed by atoms with Gasteiger partial charge in [0.1, 0.15) is 31.0 Å². The smallest absolute Gasteiger partial charge is 0.224 e. The van der Waals surface area contributed by atoms with E-state index in [9.17, 15) is 35.7 Å². The van der Waals surface area contributed by atoms with Gasteiger partial charge in [-0.05, 0) is 0 Å². The molecule has 1 fully saturated rings. The SMILES string of the molecule is OCC[C@@H](O)/C(O)=C(\O)[C@H](O)OC1(CO)O[C@H](CO)C(O)C1O. The molecule has 1 aliphatic heterocycles. The van der Waals surface area contributed by atoms with Gasteiger partial charge in [0.15, 0.2) is 11.5 Å². The van der Waals surface area contributed by atoms with Gasteiger partial charge in [-0.3, -0.25) is 0 Å². The van der Waals surface area contributed by atoms with Crippen LogP contribution in [0.3, 0.4) is 0 Å². The summed E-state index contributed by atoms with van der Waals surface area (Å²) in [7, 11) is 0. The number of hydrogen-bond acceptors (Lipinski definition) is 11. The third-order valence-electron chi connectivity index (χ3n) is 3.43. The van der Waals surface area contributed by atoms with Crippen molar-refractivity contribution in [1.82, 2.24) is 0 Å². The second-order valence-corrected chi connectivity index (χ2v) is 5.01. The first kappa shape index (κ1) is 20.0. The summed E-state index contributed by atoms with van der Waals surface area (Å²) >= 11 is 0. The van der Waals surface area contributed by atoms with Crippen LogP contribution in [0.25, 0.3) is 0 Å². The van der Waals surface area contributed by atoms with Crippen molar-refractivity contribution in [3.05, 3.63) is 11.5 Å². The Morgan fingerprint density at radius 2 is 1.70 bits per heavy atom. The molecule has 1 aliphatic rings. The molecule has 0 amide bonds. The number of ether oxygens (including phenoxy) is 2. The monoisotopic (exact) mass is 342 g/mol. The molecule has 0 radical (unpaired) electrons. The molecule has 11 nitrogen and oxygen atoms in total. The summed E-state index contributed by atoms with van der Waals surface area (Å²) in [6.45, 7) is -2.30. The molecule has 136 valence electrons. The molecule has 1 saturated heterocycles. The molecular weight excluding hydrogens is 320 g/mol. The summed E-state index contributed by atoms with van der Waals surface area (Å²) in [5.74, 6) is -4.70. The molecule has 6 atom stereocenters. The minimum absolute atomic E-state index is 0.335. The van der Waals surface area contributed by atoms with Gasteiger partial charge in [-0.1, -0.05) is 0 Å². The van der Waals surface area contributed by atoms with E-state index in [1.54, 1.807) is 0 Å². The van der Waals surface area contributed by atoms with E-state index in [0.717, 1.165) is 0 Å². The van der Waals surface area contributed by atoms with Crippen LogP contribution >= 0.6 is 0 Å². The second-order valence-electron chi connectivity index (χ2n) is 5.01. The van der Waals surface area contributed by atoms with Gasteiger partial charge in [-0.15, -0.1) is 0 Å². The first-order valence-electron chi connectivity index (χ1n) is 6.76. The molecule has 1 heterocycles. The molecule has 0 aromatic heterocycles. The predicted molar refractivity (Wildman–Crippen MR) is 70.9 cm³/mol. The number of aliphatic hydroxyl groups excluding tert-OH is 9. The van der Waals surface area contributed by atoms with Crippen LogP contribution in [-0.2, 0) is 9.47 Å². The van der Waals surface area contributed by atoms with Gasteiger partial charge in [0.25, 0.3) is 0 Å². The molecule has 1 rings (SSSR count). The molecule has 0 aromatic rings. The number of rotatable bonds is 8. The van der Waals surface area contributed by atoms with E-state index in [-0.39, 0.29) is 6.42 Å². The fraction of sp³-hybridized carbons (Fsp3) is 0.833. The maximum atomic E-state index is 9.85.